The number of benzene rings is 1. The minimum absolute atomic E-state index is 0.198. The number of nitrogens with two attached hydrogens (primary N) is 1. The van der Waals surface area contributed by atoms with E-state index in [0.717, 1.165) is 11.1 Å². The number of nitrogens with zero attached hydrogens (tertiary/aromatic N) is 4. The van der Waals surface area contributed by atoms with Gasteiger partial charge in [-0.05, 0) is 49.1 Å². The van der Waals surface area contributed by atoms with E-state index in [1.807, 2.05) is 0 Å². The van der Waals surface area contributed by atoms with E-state index in [1.165, 1.54) is 12.1 Å². The maximum Gasteiger partial charge on any atom is 0.404 e. The lowest BCUT2D eigenvalue weighted by Crippen LogP contribution is -2.23. The minimum Gasteiger partial charge on any atom is -0.465 e. The molecule has 1 aliphatic rings. The van der Waals surface area contributed by atoms with Crippen LogP contribution in [0.25, 0.3) is 22.8 Å². The van der Waals surface area contributed by atoms with Crippen molar-refractivity contribution in [3.8, 4) is 22.8 Å². The molecular weight excluding hydrogens is 391 g/mol. The Bertz CT molecular complexity index is 1130. The summed E-state index contributed by atoms with van der Waals surface area (Å²) in [5, 5.41) is 15.4. The first-order chi connectivity index (χ1) is 14.4. The van der Waals surface area contributed by atoms with Crippen LogP contribution >= 0.6 is 0 Å². The van der Waals surface area contributed by atoms with Gasteiger partial charge in [0.15, 0.2) is 11.5 Å². The number of primary amides is 1. The van der Waals surface area contributed by atoms with E-state index in [0.29, 0.717) is 48.6 Å². The molecular formula is C20H19FN6O3. The van der Waals surface area contributed by atoms with Crippen molar-refractivity contribution in [2.75, 3.05) is 6.54 Å². The van der Waals surface area contributed by atoms with Crippen LogP contribution in [0.2, 0.25) is 0 Å². The van der Waals surface area contributed by atoms with Crippen LogP contribution in [-0.4, -0.2) is 43.4 Å². The highest BCUT2D eigenvalue weighted by Crippen LogP contribution is 2.35. The van der Waals surface area contributed by atoms with Gasteiger partial charge in [-0.1, -0.05) is 0 Å². The number of hydrogen-bond donors (Lipinski definition) is 3. The molecule has 3 aromatic rings. The fourth-order valence-corrected chi connectivity index (χ4v) is 3.58. The summed E-state index contributed by atoms with van der Waals surface area (Å²) in [5.41, 5.74) is 9.36. The summed E-state index contributed by atoms with van der Waals surface area (Å²) < 4.78 is 14.9. The van der Waals surface area contributed by atoms with Gasteiger partial charge in [-0.15, -0.1) is 0 Å². The zero-order valence-electron chi connectivity index (χ0n) is 15.9. The van der Waals surface area contributed by atoms with Crippen molar-refractivity contribution in [1.29, 1.82) is 0 Å². The number of fused-ring (bicyclic) bond motifs is 3. The molecule has 0 spiro atoms. The zero-order valence-corrected chi connectivity index (χ0v) is 15.9. The first-order valence-corrected chi connectivity index (χ1v) is 9.42. The number of aryl methyl sites for hydroxylation is 2. The van der Waals surface area contributed by atoms with Gasteiger partial charge in [-0.3, -0.25) is 9.48 Å². The summed E-state index contributed by atoms with van der Waals surface area (Å²) in [6.07, 6.45) is 2.32. The first kappa shape index (κ1) is 19.5. The number of hydrogen-bond acceptors (Lipinski definition) is 5. The summed E-state index contributed by atoms with van der Waals surface area (Å²) in [5.74, 6) is -0.536. The molecule has 30 heavy (non-hydrogen) atoms. The summed E-state index contributed by atoms with van der Waals surface area (Å²) >= 11 is 0. The fraction of sp³-hybridized carbons (Fsp3) is 0.250. The number of carbonyl (C=O) groups is 2. The van der Waals surface area contributed by atoms with Gasteiger partial charge < -0.3 is 16.2 Å². The third kappa shape index (κ3) is 3.71. The van der Waals surface area contributed by atoms with Crippen LogP contribution in [0.4, 0.5) is 9.18 Å². The smallest absolute Gasteiger partial charge is 0.404 e. The number of carboxylic acid groups (broad SMARTS) is 1. The number of amides is 2. The van der Waals surface area contributed by atoms with Crippen LogP contribution < -0.4 is 11.1 Å². The Morgan fingerprint density at radius 3 is 2.70 bits per heavy atom. The van der Waals surface area contributed by atoms with Gasteiger partial charge in [0.1, 0.15) is 5.82 Å². The summed E-state index contributed by atoms with van der Waals surface area (Å²) in [4.78, 5) is 31.7. The van der Waals surface area contributed by atoms with Crippen LogP contribution in [0.5, 0.6) is 0 Å². The van der Waals surface area contributed by atoms with E-state index in [4.69, 9.17) is 10.8 Å². The van der Waals surface area contributed by atoms with Crippen LogP contribution in [0.15, 0.2) is 30.5 Å². The van der Waals surface area contributed by atoms with E-state index >= 15 is 0 Å². The number of halogens is 1. The predicted molar refractivity (Wildman–Crippen MR) is 105 cm³/mol. The Morgan fingerprint density at radius 2 is 2.00 bits per heavy atom. The highest BCUT2D eigenvalue weighted by molar-refractivity contribution is 5.94. The highest BCUT2D eigenvalue weighted by Gasteiger charge is 2.29. The normalized spacial score (nSPS) is 12.2. The van der Waals surface area contributed by atoms with E-state index in [-0.39, 0.29) is 18.1 Å². The third-order valence-electron chi connectivity index (χ3n) is 4.94. The molecule has 2 aromatic heterocycles. The fourth-order valence-electron chi connectivity index (χ4n) is 3.58. The lowest BCUT2D eigenvalue weighted by atomic mass is 9.93. The average Bonchev–Trinajstić information content (AvgIpc) is 3.11. The van der Waals surface area contributed by atoms with Crippen LogP contribution in [0, 0.1) is 5.82 Å². The Balaban J connectivity index is 1.75. The largest absolute Gasteiger partial charge is 0.465 e. The van der Waals surface area contributed by atoms with Crippen molar-refractivity contribution in [1.82, 2.24) is 25.1 Å². The summed E-state index contributed by atoms with van der Waals surface area (Å²) in [6.45, 7) is 0.624. The topological polar surface area (TPSA) is 136 Å². The SMILES string of the molecule is NC(=O)c1nn(CCCNC(=O)O)c2c1CCc1cnc(-c3ccc(F)cc3)nc1-2. The molecule has 0 fully saturated rings. The molecule has 0 unspecified atom stereocenters. The van der Waals surface area contributed by atoms with Gasteiger partial charge in [-0.2, -0.15) is 5.10 Å². The molecule has 0 radical (unpaired) electrons. The van der Waals surface area contributed by atoms with E-state index in [9.17, 15) is 14.0 Å². The average molecular weight is 410 g/mol. The molecule has 10 heteroatoms. The molecule has 0 saturated heterocycles. The van der Waals surface area contributed by atoms with Crippen molar-refractivity contribution in [3.63, 3.8) is 0 Å². The Labute approximate surface area is 170 Å². The highest BCUT2D eigenvalue weighted by atomic mass is 19.1. The molecule has 154 valence electrons. The molecule has 9 nitrogen and oxygen atoms in total. The van der Waals surface area contributed by atoms with Crippen molar-refractivity contribution in [2.45, 2.75) is 25.8 Å². The molecule has 0 atom stereocenters. The number of carbonyl (C=O) groups excluding carboxylic acids is 1. The molecule has 1 aliphatic carbocycles. The molecule has 0 bridgehead atoms. The molecule has 0 aliphatic heterocycles. The molecule has 1 aromatic carbocycles. The standard InChI is InChI=1S/C20H19FN6O3/c21-13-5-2-11(3-6-13)19-24-10-12-4-7-14-16(18(22)28)26-27(17(14)15(12)25-19)9-1-8-23-20(29)30/h2-3,5-6,10,23H,1,4,7-9H2,(H2,22,28)(H,29,30). The molecule has 2 heterocycles. The monoisotopic (exact) mass is 410 g/mol. The lowest BCUT2D eigenvalue weighted by Gasteiger charge is -2.18. The maximum atomic E-state index is 13.3. The van der Waals surface area contributed by atoms with Gasteiger partial charge in [0.05, 0.1) is 11.4 Å². The third-order valence-corrected chi connectivity index (χ3v) is 4.94. The van der Waals surface area contributed by atoms with Crippen LogP contribution in [0.3, 0.4) is 0 Å². The second-order valence-corrected chi connectivity index (χ2v) is 6.92. The second-order valence-electron chi connectivity index (χ2n) is 6.92. The van der Waals surface area contributed by atoms with E-state index in [2.05, 4.69) is 20.4 Å². The summed E-state index contributed by atoms with van der Waals surface area (Å²) in [6, 6.07) is 5.89. The molecule has 4 rings (SSSR count). The lowest BCUT2D eigenvalue weighted by molar-refractivity contribution is 0.0993. The molecule has 2 amide bonds. The van der Waals surface area contributed by atoms with Crippen LogP contribution in [0.1, 0.15) is 28.0 Å². The van der Waals surface area contributed by atoms with Crippen LogP contribution in [-0.2, 0) is 19.4 Å². The van der Waals surface area contributed by atoms with Crippen molar-refractivity contribution in [3.05, 3.63) is 53.1 Å². The van der Waals surface area contributed by atoms with Crippen molar-refractivity contribution in [2.24, 2.45) is 5.73 Å². The van der Waals surface area contributed by atoms with Gasteiger partial charge in [-0.25, -0.2) is 19.2 Å². The Morgan fingerprint density at radius 1 is 1.23 bits per heavy atom. The van der Waals surface area contributed by atoms with Crippen molar-refractivity contribution < 1.29 is 19.1 Å². The summed E-state index contributed by atoms with van der Waals surface area (Å²) in [7, 11) is 0. The van der Waals surface area contributed by atoms with Crippen molar-refractivity contribution >= 4 is 12.0 Å². The first-order valence-electron chi connectivity index (χ1n) is 9.42. The maximum absolute atomic E-state index is 13.3. The number of rotatable bonds is 6. The predicted octanol–water partition coefficient (Wildman–Crippen LogP) is 2.00. The zero-order chi connectivity index (χ0) is 21.3. The Hall–Kier alpha value is -3.82. The molecule has 0 saturated carbocycles. The number of aromatic nitrogens is 4. The molecule has 4 N–H and O–H groups in total. The quantitative estimate of drug-likeness (QED) is 0.532. The van der Waals surface area contributed by atoms with E-state index < -0.39 is 12.0 Å². The van der Waals surface area contributed by atoms with Gasteiger partial charge in [0.25, 0.3) is 5.91 Å². The van der Waals surface area contributed by atoms with Gasteiger partial charge >= 0.3 is 6.09 Å². The van der Waals surface area contributed by atoms with E-state index in [1.54, 1.807) is 23.0 Å². The van der Waals surface area contributed by atoms with Gasteiger partial charge in [0, 0.05) is 30.4 Å². The second kappa shape index (κ2) is 7.90. The number of nitrogens with one attached hydrogen (secondary N) is 1. The minimum atomic E-state index is -1.10. The van der Waals surface area contributed by atoms with Gasteiger partial charge in [0.2, 0.25) is 0 Å². The Kier molecular flexibility index (Phi) is 5.13.